The number of rotatable bonds is 4. The van der Waals surface area contributed by atoms with Gasteiger partial charge >= 0.3 is 5.97 Å². The molecule has 1 rings (SSSR count). The first-order valence-electron chi connectivity index (χ1n) is 4.10. The highest BCUT2D eigenvalue weighted by Gasteiger charge is 2.16. The van der Waals surface area contributed by atoms with Crippen molar-refractivity contribution in [1.82, 2.24) is 0 Å². The molecule has 72 valence electrons. The van der Waals surface area contributed by atoms with E-state index >= 15 is 0 Å². The van der Waals surface area contributed by atoms with E-state index in [9.17, 15) is 4.79 Å². The Hall–Kier alpha value is -0.350. The zero-order chi connectivity index (χ0) is 9.84. The van der Waals surface area contributed by atoms with Crippen LogP contribution in [0, 0.1) is 5.92 Å². The highest BCUT2D eigenvalue weighted by molar-refractivity contribution is 9.11. The third-order valence-corrected chi connectivity index (χ3v) is 3.56. The fourth-order valence-electron chi connectivity index (χ4n) is 1.11. The van der Waals surface area contributed by atoms with E-state index in [4.69, 9.17) is 5.11 Å². The summed E-state index contributed by atoms with van der Waals surface area (Å²) in [6.07, 6.45) is 1.33. The van der Waals surface area contributed by atoms with Gasteiger partial charge in [-0.05, 0) is 40.9 Å². The number of thiophene rings is 1. The summed E-state index contributed by atoms with van der Waals surface area (Å²) in [4.78, 5) is 11.9. The van der Waals surface area contributed by atoms with Gasteiger partial charge in [0.05, 0.1) is 9.70 Å². The van der Waals surface area contributed by atoms with Crippen molar-refractivity contribution in [1.29, 1.82) is 0 Å². The van der Waals surface area contributed by atoms with Crippen LogP contribution in [-0.2, 0) is 11.2 Å². The van der Waals surface area contributed by atoms with Gasteiger partial charge in [-0.25, -0.2) is 0 Å². The summed E-state index contributed by atoms with van der Waals surface area (Å²) in [6.45, 7) is 1.90. The molecular formula is C9H11BrO2S. The summed E-state index contributed by atoms with van der Waals surface area (Å²) < 4.78 is 1.06. The number of carbonyl (C=O) groups is 1. The van der Waals surface area contributed by atoms with Gasteiger partial charge in [0.25, 0.3) is 0 Å². The molecule has 0 aromatic carbocycles. The van der Waals surface area contributed by atoms with Gasteiger partial charge in [0.2, 0.25) is 0 Å². The molecule has 0 fully saturated rings. The minimum atomic E-state index is -0.702. The Bertz CT molecular complexity index is 296. The molecular weight excluding hydrogens is 252 g/mol. The van der Waals surface area contributed by atoms with E-state index in [-0.39, 0.29) is 5.92 Å². The molecule has 1 heterocycles. The van der Waals surface area contributed by atoms with E-state index in [0.29, 0.717) is 12.8 Å². The lowest BCUT2D eigenvalue weighted by Crippen LogP contribution is -2.14. The molecule has 0 amide bonds. The maximum absolute atomic E-state index is 10.7. The van der Waals surface area contributed by atoms with E-state index in [1.807, 2.05) is 19.1 Å². The molecule has 0 aliphatic rings. The van der Waals surface area contributed by atoms with E-state index in [2.05, 4.69) is 15.9 Å². The van der Waals surface area contributed by atoms with Crippen molar-refractivity contribution in [3.05, 3.63) is 20.8 Å². The van der Waals surface area contributed by atoms with Crippen molar-refractivity contribution in [2.45, 2.75) is 19.8 Å². The summed E-state index contributed by atoms with van der Waals surface area (Å²) in [6, 6.07) is 3.93. The van der Waals surface area contributed by atoms with Crippen LogP contribution in [0.15, 0.2) is 15.9 Å². The first kappa shape index (κ1) is 10.7. The van der Waals surface area contributed by atoms with Crippen LogP contribution in [0.1, 0.15) is 18.2 Å². The molecule has 1 atom stereocenters. The van der Waals surface area contributed by atoms with Crippen LogP contribution in [0.3, 0.4) is 0 Å². The lowest BCUT2D eigenvalue weighted by Gasteiger charge is -2.06. The van der Waals surface area contributed by atoms with Gasteiger partial charge in [-0.1, -0.05) is 6.92 Å². The SMILES string of the molecule is CCC(Cc1ccc(Br)s1)C(=O)O. The van der Waals surface area contributed by atoms with Gasteiger partial charge in [0.15, 0.2) is 0 Å². The molecule has 0 spiro atoms. The van der Waals surface area contributed by atoms with Crippen LogP contribution in [0.5, 0.6) is 0 Å². The van der Waals surface area contributed by atoms with Gasteiger partial charge < -0.3 is 5.11 Å². The summed E-state index contributed by atoms with van der Waals surface area (Å²) in [7, 11) is 0. The molecule has 13 heavy (non-hydrogen) atoms. The van der Waals surface area contributed by atoms with Crippen LogP contribution >= 0.6 is 27.3 Å². The maximum Gasteiger partial charge on any atom is 0.306 e. The Morgan fingerprint density at radius 3 is 2.77 bits per heavy atom. The Morgan fingerprint density at radius 1 is 1.69 bits per heavy atom. The predicted molar refractivity (Wildman–Crippen MR) is 57.1 cm³/mol. The van der Waals surface area contributed by atoms with Crippen molar-refractivity contribution < 1.29 is 9.90 Å². The van der Waals surface area contributed by atoms with Crippen molar-refractivity contribution in [3.63, 3.8) is 0 Å². The predicted octanol–water partition coefficient (Wildman–Crippen LogP) is 3.16. The molecule has 0 saturated heterocycles. The summed E-state index contributed by atoms with van der Waals surface area (Å²) in [5, 5.41) is 8.83. The largest absolute Gasteiger partial charge is 0.481 e. The van der Waals surface area contributed by atoms with Gasteiger partial charge in [-0.15, -0.1) is 11.3 Å². The summed E-state index contributed by atoms with van der Waals surface area (Å²) >= 11 is 4.95. The molecule has 1 unspecified atom stereocenters. The number of hydrogen-bond acceptors (Lipinski definition) is 2. The number of carboxylic acids is 1. The molecule has 0 bridgehead atoms. The van der Waals surface area contributed by atoms with E-state index in [0.717, 1.165) is 8.66 Å². The lowest BCUT2D eigenvalue weighted by atomic mass is 10.0. The van der Waals surface area contributed by atoms with Crippen molar-refractivity contribution in [2.75, 3.05) is 0 Å². The summed E-state index contributed by atoms with van der Waals surface area (Å²) in [5.41, 5.74) is 0. The maximum atomic E-state index is 10.7. The fourth-order valence-corrected chi connectivity index (χ4v) is 2.67. The van der Waals surface area contributed by atoms with Crippen LogP contribution in [0.25, 0.3) is 0 Å². The normalized spacial score (nSPS) is 12.8. The zero-order valence-corrected chi connectivity index (χ0v) is 9.69. The highest BCUT2D eigenvalue weighted by Crippen LogP contribution is 2.25. The first-order chi connectivity index (χ1) is 6.13. The Balaban J connectivity index is 2.61. The minimum Gasteiger partial charge on any atom is -0.481 e. The minimum absolute atomic E-state index is 0.245. The van der Waals surface area contributed by atoms with E-state index in [1.54, 1.807) is 11.3 Å². The summed E-state index contributed by atoms with van der Waals surface area (Å²) in [5.74, 6) is -0.947. The first-order valence-corrected chi connectivity index (χ1v) is 5.71. The van der Waals surface area contributed by atoms with Crippen LogP contribution in [0.2, 0.25) is 0 Å². The zero-order valence-electron chi connectivity index (χ0n) is 7.29. The lowest BCUT2D eigenvalue weighted by molar-refractivity contribution is -0.141. The molecule has 0 aliphatic carbocycles. The van der Waals surface area contributed by atoms with Crippen molar-refractivity contribution in [3.8, 4) is 0 Å². The molecule has 4 heteroatoms. The third-order valence-electron chi connectivity index (χ3n) is 1.92. The average molecular weight is 263 g/mol. The van der Waals surface area contributed by atoms with E-state index < -0.39 is 5.97 Å². The molecule has 1 aromatic rings. The standard InChI is InChI=1S/C9H11BrO2S/c1-2-6(9(11)12)5-7-3-4-8(10)13-7/h3-4,6H,2,5H2,1H3,(H,11,12). The highest BCUT2D eigenvalue weighted by atomic mass is 79.9. The molecule has 2 nitrogen and oxygen atoms in total. The van der Waals surface area contributed by atoms with E-state index in [1.165, 1.54) is 0 Å². The number of hydrogen-bond donors (Lipinski definition) is 1. The second-order valence-corrected chi connectivity index (χ2v) is 5.40. The van der Waals surface area contributed by atoms with Crippen molar-refractivity contribution in [2.24, 2.45) is 5.92 Å². The Morgan fingerprint density at radius 2 is 2.38 bits per heavy atom. The molecule has 1 aromatic heterocycles. The monoisotopic (exact) mass is 262 g/mol. The van der Waals surface area contributed by atoms with Gasteiger partial charge in [-0.3, -0.25) is 4.79 Å². The topological polar surface area (TPSA) is 37.3 Å². The number of carboxylic acid groups (broad SMARTS) is 1. The van der Waals surface area contributed by atoms with Crippen molar-refractivity contribution >= 4 is 33.2 Å². The number of halogens is 1. The van der Waals surface area contributed by atoms with Gasteiger partial charge in [0, 0.05) is 4.88 Å². The second kappa shape index (κ2) is 4.77. The van der Waals surface area contributed by atoms with Crippen LogP contribution in [0.4, 0.5) is 0 Å². The van der Waals surface area contributed by atoms with Crippen LogP contribution in [-0.4, -0.2) is 11.1 Å². The molecule has 1 N–H and O–H groups in total. The molecule has 0 saturated carbocycles. The van der Waals surface area contributed by atoms with Gasteiger partial charge in [-0.2, -0.15) is 0 Å². The molecule has 0 aliphatic heterocycles. The van der Waals surface area contributed by atoms with Crippen LogP contribution < -0.4 is 0 Å². The quantitative estimate of drug-likeness (QED) is 0.905. The number of aliphatic carboxylic acids is 1. The Labute approximate surface area is 89.7 Å². The van der Waals surface area contributed by atoms with Gasteiger partial charge in [0.1, 0.15) is 0 Å². The Kier molecular flexibility index (Phi) is 3.93. The molecule has 0 radical (unpaired) electrons. The second-order valence-electron chi connectivity index (χ2n) is 2.85. The smallest absolute Gasteiger partial charge is 0.306 e. The fraction of sp³-hybridized carbons (Fsp3) is 0.444. The average Bonchev–Trinajstić information content (AvgIpc) is 2.46. The third kappa shape index (κ3) is 3.12.